The van der Waals surface area contributed by atoms with Gasteiger partial charge in [0.1, 0.15) is 0 Å². The number of imidazole rings is 1. The molecule has 0 radical (unpaired) electrons. The molecule has 140 valence electrons. The lowest BCUT2D eigenvalue weighted by Gasteiger charge is -2.15. The van der Waals surface area contributed by atoms with Crippen LogP contribution in [0, 0.1) is 5.92 Å². The van der Waals surface area contributed by atoms with Crippen LogP contribution in [0.1, 0.15) is 31.4 Å². The molecule has 3 N–H and O–H groups in total. The third-order valence-corrected chi connectivity index (χ3v) is 5.39. The number of nitrogens with one attached hydrogen (secondary N) is 1. The number of carbonyl (C=O) groups excluding carboxylic acids is 1. The summed E-state index contributed by atoms with van der Waals surface area (Å²) in [5.74, 6) is 0.867. The van der Waals surface area contributed by atoms with E-state index in [9.17, 15) is 4.79 Å². The Hall–Kier alpha value is -2.73. The summed E-state index contributed by atoms with van der Waals surface area (Å²) in [5, 5.41) is 3.02. The number of fused-ring (bicyclic) bond motifs is 1. The third kappa shape index (κ3) is 4.01. The first-order valence-corrected chi connectivity index (χ1v) is 9.61. The topological polar surface area (TPSA) is 85.8 Å². The fourth-order valence-electron chi connectivity index (χ4n) is 3.90. The predicted octanol–water partition coefficient (Wildman–Crippen LogP) is 3.13. The molecule has 2 aromatic heterocycles. The molecule has 27 heavy (non-hydrogen) atoms. The van der Waals surface area contributed by atoms with Gasteiger partial charge in [0, 0.05) is 37.3 Å². The molecule has 2 atom stereocenters. The zero-order chi connectivity index (χ0) is 18.6. The highest BCUT2D eigenvalue weighted by molar-refractivity contribution is 5.91. The van der Waals surface area contributed by atoms with E-state index in [0.717, 1.165) is 42.4 Å². The van der Waals surface area contributed by atoms with Crippen LogP contribution >= 0.6 is 0 Å². The molecule has 1 aliphatic rings. The number of carbonyl (C=O) groups is 1. The maximum Gasteiger partial charge on any atom is 0.227 e. The van der Waals surface area contributed by atoms with Crippen molar-refractivity contribution in [3.8, 4) is 0 Å². The lowest BCUT2D eigenvalue weighted by atomic mass is 10.00. The molecule has 6 heteroatoms. The lowest BCUT2D eigenvalue weighted by Crippen LogP contribution is -2.28. The van der Waals surface area contributed by atoms with Gasteiger partial charge in [0.25, 0.3) is 0 Å². The number of aromatic nitrogens is 3. The smallest absolute Gasteiger partial charge is 0.227 e. The van der Waals surface area contributed by atoms with E-state index >= 15 is 0 Å². The van der Waals surface area contributed by atoms with Crippen molar-refractivity contribution in [2.24, 2.45) is 11.7 Å². The number of amides is 1. The van der Waals surface area contributed by atoms with Crippen LogP contribution in [0.15, 0.2) is 48.7 Å². The molecule has 1 aliphatic carbocycles. The van der Waals surface area contributed by atoms with Gasteiger partial charge in [-0.2, -0.15) is 0 Å². The fourth-order valence-corrected chi connectivity index (χ4v) is 3.90. The van der Waals surface area contributed by atoms with Gasteiger partial charge in [-0.05, 0) is 43.0 Å². The summed E-state index contributed by atoms with van der Waals surface area (Å²) in [5.41, 5.74) is 9.03. The molecule has 0 unspecified atom stereocenters. The Bertz CT molecular complexity index is 921. The molecular formula is C21H25N5O. The molecule has 0 spiro atoms. The number of nitrogens with two attached hydrogens (primary N) is 1. The maximum absolute atomic E-state index is 12.6. The second-order valence-electron chi connectivity index (χ2n) is 7.25. The quantitative estimate of drug-likeness (QED) is 0.704. The van der Waals surface area contributed by atoms with Gasteiger partial charge in [0.15, 0.2) is 0 Å². The van der Waals surface area contributed by atoms with Crippen molar-refractivity contribution < 1.29 is 4.79 Å². The molecule has 3 aromatic rings. The monoisotopic (exact) mass is 363 g/mol. The Morgan fingerprint density at radius 2 is 2.04 bits per heavy atom. The summed E-state index contributed by atoms with van der Waals surface area (Å²) in [6, 6.07) is 14.0. The minimum absolute atomic E-state index is 0.00765. The van der Waals surface area contributed by atoms with Crippen LogP contribution in [0.4, 0.5) is 5.95 Å². The molecular weight excluding hydrogens is 338 g/mol. The van der Waals surface area contributed by atoms with E-state index in [1.165, 1.54) is 0 Å². The Morgan fingerprint density at radius 1 is 1.19 bits per heavy atom. The number of rotatable bonds is 6. The number of nitrogens with zero attached hydrogens (tertiary/aromatic N) is 3. The first-order valence-electron chi connectivity index (χ1n) is 9.61. The summed E-state index contributed by atoms with van der Waals surface area (Å²) in [6.07, 6.45) is 6.20. The first kappa shape index (κ1) is 17.7. The van der Waals surface area contributed by atoms with Crippen molar-refractivity contribution in [2.45, 2.75) is 44.7 Å². The summed E-state index contributed by atoms with van der Waals surface area (Å²) < 4.78 is 2.07. The first-order chi connectivity index (χ1) is 13.2. The molecule has 0 saturated heterocycles. The summed E-state index contributed by atoms with van der Waals surface area (Å²) in [6.45, 7) is 0.704. The van der Waals surface area contributed by atoms with Crippen molar-refractivity contribution in [3.05, 3.63) is 54.4 Å². The Balaban J connectivity index is 1.53. The van der Waals surface area contributed by atoms with Gasteiger partial charge in [0.2, 0.25) is 11.9 Å². The number of pyridine rings is 1. The van der Waals surface area contributed by atoms with E-state index in [2.05, 4.69) is 19.9 Å². The van der Waals surface area contributed by atoms with Crippen LogP contribution in [0.2, 0.25) is 0 Å². The lowest BCUT2D eigenvalue weighted by molar-refractivity contribution is -0.117. The molecule has 2 heterocycles. The normalized spacial score (nSPS) is 19.4. The van der Waals surface area contributed by atoms with Crippen LogP contribution in [0.5, 0.6) is 0 Å². The highest BCUT2D eigenvalue weighted by Crippen LogP contribution is 2.27. The number of benzene rings is 1. The van der Waals surface area contributed by atoms with Gasteiger partial charge < -0.3 is 10.3 Å². The van der Waals surface area contributed by atoms with E-state index in [1.807, 2.05) is 42.5 Å². The molecule has 1 saturated carbocycles. The van der Waals surface area contributed by atoms with Gasteiger partial charge in [-0.25, -0.2) is 4.98 Å². The van der Waals surface area contributed by atoms with E-state index in [4.69, 9.17) is 5.73 Å². The highest BCUT2D eigenvalue weighted by atomic mass is 16.1. The van der Waals surface area contributed by atoms with Crippen LogP contribution in [0.25, 0.3) is 11.0 Å². The molecule has 1 amide bonds. The van der Waals surface area contributed by atoms with E-state index in [1.54, 1.807) is 6.20 Å². The Kier molecular flexibility index (Phi) is 5.16. The molecule has 0 aliphatic heterocycles. The summed E-state index contributed by atoms with van der Waals surface area (Å²) >= 11 is 0. The second-order valence-corrected chi connectivity index (χ2v) is 7.25. The summed E-state index contributed by atoms with van der Waals surface area (Å²) in [7, 11) is 0. The standard InChI is InChI=1S/C21H25N5O/c22-17-8-5-6-15(17)14-20(27)25-21-24-18-9-1-2-10-19(18)26(21)13-11-16-7-3-4-12-23-16/h1-4,7,9-10,12,15,17H,5-6,8,11,13-14,22H2,(H,24,25,27)/t15-,17+/m0/s1. The molecule has 6 nitrogen and oxygen atoms in total. The number of hydrogen-bond donors (Lipinski definition) is 2. The van der Waals surface area contributed by atoms with Gasteiger partial charge in [-0.15, -0.1) is 0 Å². The number of para-hydroxylation sites is 2. The van der Waals surface area contributed by atoms with Crippen molar-refractivity contribution in [2.75, 3.05) is 5.32 Å². The van der Waals surface area contributed by atoms with Crippen molar-refractivity contribution in [1.82, 2.24) is 14.5 Å². The highest BCUT2D eigenvalue weighted by Gasteiger charge is 2.26. The third-order valence-electron chi connectivity index (χ3n) is 5.39. The largest absolute Gasteiger partial charge is 0.327 e. The van der Waals surface area contributed by atoms with E-state index in [0.29, 0.717) is 18.9 Å². The van der Waals surface area contributed by atoms with Gasteiger partial charge in [-0.3, -0.25) is 15.1 Å². The minimum atomic E-state index is -0.00765. The number of hydrogen-bond acceptors (Lipinski definition) is 4. The molecule has 4 rings (SSSR count). The van der Waals surface area contributed by atoms with Crippen LogP contribution in [0.3, 0.4) is 0 Å². The van der Waals surface area contributed by atoms with Crippen molar-refractivity contribution >= 4 is 22.9 Å². The molecule has 0 bridgehead atoms. The van der Waals surface area contributed by atoms with Gasteiger partial charge in [-0.1, -0.05) is 24.6 Å². The van der Waals surface area contributed by atoms with E-state index in [-0.39, 0.29) is 17.9 Å². The molecule has 1 fully saturated rings. The second kappa shape index (κ2) is 7.88. The summed E-state index contributed by atoms with van der Waals surface area (Å²) in [4.78, 5) is 21.6. The van der Waals surface area contributed by atoms with Crippen molar-refractivity contribution in [3.63, 3.8) is 0 Å². The average molecular weight is 363 g/mol. The van der Waals surface area contributed by atoms with Crippen LogP contribution in [-0.2, 0) is 17.8 Å². The average Bonchev–Trinajstić information content (AvgIpc) is 3.24. The maximum atomic E-state index is 12.6. The Morgan fingerprint density at radius 3 is 2.81 bits per heavy atom. The van der Waals surface area contributed by atoms with Crippen LogP contribution in [-0.4, -0.2) is 26.5 Å². The minimum Gasteiger partial charge on any atom is -0.327 e. The van der Waals surface area contributed by atoms with Gasteiger partial charge in [0.05, 0.1) is 11.0 Å². The Labute approximate surface area is 158 Å². The fraction of sp³-hybridized carbons (Fsp3) is 0.381. The van der Waals surface area contributed by atoms with Gasteiger partial charge >= 0.3 is 0 Å². The zero-order valence-electron chi connectivity index (χ0n) is 15.3. The number of aryl methyl sites for hydroxylation is 2. The zero-order valence-corrected chi connectivity index (χ0v) is 15.3. The van der Waals surface area contributed by atoms with Crippen LogP contribution < -0.4 is 11.1 Å². The van der Waals surface area contributed by atoms with Crippen molar-refractivity contribution in [1.29, 1.82) is 0 Å². The number of anilines is 1. The van der Waals surface area contributed by atoms with E-state index < -0.39 is 0 Å². The predicted molar refractivity (Wildman–Crippen MR) is 106 cm³/mol. The SMILES string of the molecule is N[C@@H]1CCC[C@H]1CC(=O)Nc1nc2ccccc2n1CCc1ccccn1. The molecule has 1 aromatic carbocycles.